The molecular formula is C14H15ClN2O2. The van der Waals surface area contributed by atoms with Crippen LogP contribution in [0.15, 0.2) is 29.1 Å². The Bertz CT molecular complexity index is 668. The summed E-state index contributed by atoms with van der Waals surface area (Å²) in [6, 6.07) is 7.27. The fourth-order valence-corrected chi connectivity index (χ4v) is 2.70. The zero-order valence-electron chi connectivity index (χ0n) is 10.4. The molecule has 2 aromatic rings. The predicted molar refractivity (Wildman–Crippen MR) is 75.8 cm³/mol. The summed E-state index contributed by atoms with van der Waals surface area (Å²) in [6.45, 7) is 0. The number of aromatic nitrogens is 1. The molecule has 1 fully saturated rings. The lowest BCUT2D eigenvalue weighted by Crippen LogP contribution is -2.20. The van der Waals surface area contributed by atoms with Crippen LogP contribution in [0.2, 0.25) is 5.02 Å². The highest BCUT2D eigenvalue weighted by Crippen LogP contribution is 2.24. The molecule has 4 nitrogen and oxygen atoms in total. The molecule has 1 aromatic carbocycles. The molecule has 0 aliphatic heterocycles. The Morgan fingerprint density at radius 3 is 2.89 bits per heavy atom. The van der Waals surface area contributed by atoms with Crippen molar-refractivity contribution in [2.75, 3.05) is 0 Å². The van der Waals surface area contributed by atoms with E-state index in [1.807, 2.05) is 12.1 Å². The Morgan fingerprint density at radius 2 is 2.16 bits per heavy atom. The van der Waals surface area contributed by atoms with E-state index < -0.39 is 0 Å². The van der Waals surface area contributed by atoms with Crippen LogP contribution in [0.1, 0.15) is 19.3 Å². The third-order valence-electron chi connectivity index (χ3n) is 3.50. The summed E-state index contributed by atoms with van der Waals surface area (Å²) in [7, 11) is 0. The van der Waals surface area contributed by atoms with Crippen LogP contribution in [0.4, 0.5) is 0 Å². The maximum absolute atomic E-state index is 12.0. The first kappa shape index (κ1) is 12.5. The van der Waals surface area contributed by atoms with Crippen LogP contribution in [0, 0.1) is 0 Å². The number of fused-ring (bicyclic) bond motifs is 1. The van der Waals surface area contributed by atoms with Gasteiger partial charge in [-0.15, -0.1) is 0 Å². The van der Waals surface area contributed by atoms with Crippen LogP contribution < -0.4 is 16.0 Å². The molecule has 100 valence electrons. The minimum atomic E-state index is -0.183. The van der Waals surface area contributed by atoms with E-state index in [1.54, 1.807) is 12.1 Å². The molecule has 1 saturated carbocycles. The molecule has 0 radical (unpaired) electrons. The van der Waals surface area contributed by atoms with Gasteiger partial charge in [-0.1, -0.05) is 17.7 Å². The van der Waals surface area contributed by atoms with Gasteiger partial charge in [-0.3, -0.25) is 9.78 Å². The second-order valence-electron chi connectivity index (χ2n) is 5.01. The lowest BCUT2D eigenvalue weighted by Gasteiger charge is -2.13. The van der Waals surface area contributed by atoms with Gasteiger partial charge >= 0.3 is 0 Å². The standard InChI is InChI=1S/C14H15ClN2O2/c15-9-2-1-8-5-13(17-14(18)12(8)6-9)19-11-4-3-10(16)7-11/h1-2,5-6,10-11H,3-4,7,16H2,(H,17,18)/t10-,11+/m1/s1. The van der Waals surface area contributed by atoms with Crippen molar-refractivity contribution in [3.63, 3.8) is 0 Å². The van der Waals surface area contributed by atoms with E-state index in [4.69, 9.17) is 22.1 Å². The molecule has 0 unspecified atom stereocenters. The maximum atomic E-state index is 12.0. The van der Waals surface area contributed by atoms with E-state index in [1.165, 1.54) is 0 Å². The number of nitrogens with two attached hydrogens (primary N) is 1. The van der Waals surface area contributed by atoms with Crippen LogP contribution in [-0.2, 0) is 0 Å². The van der Waals surface area contributed by atoms with Gasteiger partial charge in [0.1, 0.15) is 6.10 Å². The molecule has 2 atom stereocenters. The fraction of sp³-hybridized carbons (Fsp3) is 0.357. The van der Waals surface area contributed by atoms with E-state index in [0.29, 0.717) is 16.3 Å². The minimum Gasteiger partial charge on any atom is -0.476 e. The first-order valence-corrected chi connectivity index (χ1v) is 6.74. The summed E-state index contributed by atoms with van der Waals surface area (Å²) in [5.74, 6) is 0.499. The normalized spacial score (nSPS) is 22.8. The molecule has 19 heavy (non-hydrogen) atoms. The van der Waals surface area contributed by atoms with Crippen LogP contribution in [-0.4, -0.2) is 17.1 Å². The van der Waals surface area contributed by atoms with E-state index in [-0.39, 0.29) is 17.7 Å². The van der Waals surface area contributed by atoms with Crippen LogP contribution in [0.3, 0.4) is 0 Å². The molecule has 1 heterocycles. The highest BCUT2D eigenvalue weighted by molar-refractivity contribution is 6.31. The van der Waals surface area contributed by atoms with Gasteiger partial charge in [0.05, 0.1) is 0 Å². The Morgan fingerprint density at radius 1 is 1.32 bits per heavy atom. The van der Waals surface area contributed by atoms with Gasteiger partial charge in [0, 0.05) is 22.5 Å². The number of H-pyrrole nitrogens is 1. The molecule has 1 aliphatic carbocycles. The minimum absolute atomic E-state index is 0.0930. The number of halogens is 1. The van der Waals surface area contributed by atoms with E-state index >= 15 is 0 Å². The Hall–Kier alpha value is -1.52. The quantitative estimate of drug-likeness (QED) is 0.886. The second kappa shape index (κ2) is 4.87. The SMILES string of the molecule is N[C@@H]1CC[C@H](Oc2cc3ccc(Cl)cc3c(=O)[nH]2)C1. The van der Waals surface area contributed by atoms with E-state index in [0.717, 1.165) is 24.6 Å². The summed E-state index contributed by atoms with van der Waals surface area (Å²) >= 11 is 5.89. The van der Waals surface area contributed by atoms with Crippen molar-refractivity contribution in [2.24, 2.45) is 5.73 Å². The van der Waals surface area contributed by atoms with Gasteiger partial charge < -0.3 is 10.5 Å². The highest BCUT2D eigenvalue weighted by Gasteiger charge is 2.23. The molecule has 3 rings (SSSR count). The number of hydrogen-bond acceptors (Lipinski definition) is 3. The van der Waals surface area contributed by atoms with Gasteiger partial charge in [-0.25, -0.2) is 0 Å². The molecular weight excluding hydrogens is 264 g/mol. The van der Waals surface area contributed by atoms with Crippen molar-refractivity contribution in [2.45, 2.75) is 31.4 Å². The average Bonchev–Trinajstić information content (AvgIpc) is 2.76. The van der Waals surface area contributed by atoms with Gasteiger partial charge in [-0.05, 0) is 36.8 Å². The molecule has 1 aromatic heterocycles. The Kier molecular flexibility index (Phi) is 3.21. The van der Waals surface area contributed by atoms with Crippen molar-refractivity contribution in [1.82, 2.24) is 4.98 Å². The molecule has 5 heteroatoms. The number of benzene rings is 1. The van der Waals surface area contributed by atoms with Crippen molar-refractivity contribution < 1.29 is 4.74 Å². The fourth-order valence-electron chi connectivity index (χ4n) is 2.53. The zero-order chi connectivity index (χ0) is 13.4. The second-order valence-corrected chi connectivity index (χ2v) is 5.44. The first-order valence-electron chi connectivity index (χ1n) is 6.36. The number of hydrogen-bond donors (Lipinski definition) is 2. The summed E-state index contributed by atoms with van der Waals surface area (Å²) in [5.41, 5.74) is 5.67. The third-order valence-corrected chi connectivity index (χ3v) is 3.74. The first-order chi connectivity index (χ1) is 9.11. The lowest BCUT2D eigenvalue weighted by molar-refractivity contribution is 0.199. The molecule has 3 N–H and O–H groups in total. The number of nitrogens with one attached hydrogen (secondary N) is 1. The number of pyridine rings is 1. The lowest BCUT2D eigenvalue weighted by atomic mass is 10.2. The van der Waals surface area contributed by atoms with Gasteiger partial charge in [0.2, 0.25) is 0 Å². The van der Waals surface area contributed by atoms with Crippen molar-refractivity contribution in [1.29, 1.82) is 0 Å². The van der Waals surface area contributed by atoms with Gasteiger partial charge in [-0.2, -0.15) is 0 Å². The van der Waals surface area contributed by atoms with Crippen molar-refractivity contribution in [3.05, 3.63) is 39.6 Å². The van der Waals surface area contributed by atoms with E-state index in [2.05, 4.69) is 4.98 Å². The summed E-state index contributed by atoms with van der Waals surface area (Å²) < 4.78 is 5.80. The number of rotatable bonds is 2. The molecule has 0 spiro atoms. The molecule has 0 amide bonds. The van der Waals surface area contributed by atoms with Crippen molar-refractivity contribution in [3.8, 4) is 5.88 Å². The average molecular weight is 279 g/mol. The monoisotopic (exact) mass is 278 g/mol. The topological polar surface area (TPSA) is 68.1 Å². The summed E-state index contributed by atoms with van der Waals surface area (Å²) in [4.78, 5) is 14.7. The van der Waals surface area contributed by atoms with Crippen LogP contribution in [0.25, 0.3) is 10.8 Å². The third kappa shape index (κ3) is 2.60. The van der Waals surface area contributed by atoms with Crippen LogP contribution >= 0.6 is 11.6 Å². The molecule has 0 bridgehead atoms. The van der Waals surface area contributed by atoms with Crippen molar-refractivity contribution >= 4 is 22.4 Å². The summed E-state index contributed by atoms with van der Waals surface area (Å²) in [6.07, 6.45) is 2.83. The Balaban J connectivity index is 1.93. The number of aromatic amines is 1. The molecule has 0 saturated heterocycles. The molecule has 1 aliphatic rings. The zero-order valence-corrected chi connectivity index (χ0v) is 11.1. The highest BCUT2D eigenvalue weighted by atomic mass is 35.5. The van der Waals surface area contributed by atoms with Gasteiger partial charge in [0.25, 0.3) is 5.56 Å². The van der Waals surface area contributed by atoms with Crippen LogP contribution in [0.5, 0.6) is 5.88 Å². The van der Waals surface area contributed by atoms with E-state index in [9.17, 15) is 4.79 Å². The Labute approximate surface area is 115 Å². The largest absolute Gasteiger partial charge is 0.476 e. The summed E-state index contributed by atoms with van der Waals surface area (Å²) in [5, 5.41) is 1.95. The predicted octanol–water partition coefficient (Wildman–Crippen LogP) is 2.44. The van der Waals surface area contributed by atoms with Gasteiger partial charge in [0.15, 0.2) is 5.88 Å². The number of ether oxygens (including phenoxy) is 1. The smallest absolute Gasteiger partial charge is 0.258 e. The maximum Gasteiger partial charge on any atom is 0.258 e.